The summed E-state index contributed by atoms with van der Waals surface area (Å²) in [7, 11) is 0. The van der Waals surface area contributed by atoms with Crippen molar-refractivity contribution in [2.75, 3.05) is 126 Å². The van der Waals surface area contributed by atoms with Crippen molar-refractivity contribution in [3.8, 4) is 5.75 Å². The maximum Gasteiger partial charge on any atom is 0.332 e. The maximum atomic E-state index is 13.5. The van der Waals surface area contributed by atoms with Gasteiger partial charge in [0.25, 0.3) is 0 Å². The standard InChI is InChI=1S/C30H46F4O14/c1-23(30(36)37)47-21-20-46-19-18-45-17-16-44-15-14-43-13-12-42-11-10-41-9-8-40-7-6-39-5-4-38-3-2-26(35)48-29-27(33)24(31)22-25(32)28(29)34/h22-23H,2-21H2,1H3,(H,36,37). The zero-order chi connectivity index (χ0) is 35.2. The maximum absolute atomic E-state index is 13.5. The number of hydrogen-bond acceptors (Lipinski definition) is 13. The van der Waals surface area contributed by atoms with Crippen molar-refractivity contribution in [2.24, 2.45) is 0 Å². The largest absolute Gasteiger partial charge is 0.479 e. The van der Waals surface area contributed by atoms with Gasteiger partial charge in [0.15, 0.2) is 17.7 Å². The van der Waals surface area contributed by atoms with E-state index in [0.717, 1.165) is 0 Å². The first kappa shape index (κ1) is 43.5. The molecule has 0 fully saturated rings. The van der Waals surface area contributed by atoms with Gasteiger partial charge in [0.1, 0.15) is 0 Å². The number of carbonyl (C=O) groups excluding carboxylic acids is 1. The molecule has 0 aliphatic carbocycles. The van der Waals surface area contributed by atoms with Crippen LogP contribution in [0.2, 0.25) is 0 Å². The van der Waals surface area contributed by atoms with Crippen molar-refractivity contribution < 1.29 is 84.4 Å². The van der Waals surface area contributed by atoms with Crippen molar-refractivity contribution in [3.63, 3.8) is 0 Å². The lowest BCUT2D eigenvalue weighted by Gasteiger charge is -2.09. The first-order chi connectivity index (χ1) is 23.2. The molecule has 0 aliphatic heterocycles. The second-order valence-electron chi connectivity index (χ2n) is 9.38. The molecule has 1 atom stereocenters. The van der Waals surface area contributed by atoms with Crippen LogP contribution in [0.15, 0.2) is 6.07 Å². The highest BCUT2D eigenvalue weighted by molar-refractivity contribution is 5.72. The van der Waals surface area contributed by atoms with Gasteiger partial charge in [-0.05, 0) is 6.92 Å². The molecule has 0 aromatic heterocycles. The fourth-order valence-electron chi connectivity index (χ4n) is 3.18. The molecule has 48 heavy (non-hydrogen) atoms. The molecule has 1 N–H and O–H groups in total. The number of carboxylic acids is 1. The minimum absolute atomic E-state index is 0.0133. The van der Waals surface area contributed by atoms with E-state index in [4.69, 9.17) is 52.5 Å². The Morgan fingerprint density at radius 3 is 1.15 bits per heavy atom. The van der Waals surface area contributed by atoms with Crippen LogP contribution in [0, 0.1) is 23.3 Å². The van der Waals surface area contributed by atoms with Crippen molar-refractivity contribution in [3.05, 3.63) is 29.3 Å². The number of ether oxygens (including phenoxy) is 11. The molecule has 0 spiro atoms. The van der Waals surface area contributed by atoms with Gasteiger partial charge in [-0.3, -0.25) is 4.79 Å². The van der Waals surface area contributed by atoms with E-state index in [1.165, 1.54) is 6.92 Å². The van der Waals surface area contributed by atoms with Gasteiger partial charge in [-0.2, -0.15) is 8.78 Å². The van der Waals surface area contributed by atoms with E-state index >= 15 is 0 Å². The molecule has 18 heteroatoms. The Hall–Kier alpha value is -2.52. The molecular formula is C30H46F4O14. The predicted octanol–water partition coefficient (Wildman–Crippen LogP) is 2.18. The average molecular weight is 707 g/mol. The summed E-state index contributed by atoms with van der Waals surface area (Å²) in [5.41, 5.74) is 0. The Kier molecular flexibility index (Phi) is 26.6. The van der Waals surface area contributed by atoms with E-state index in [-0.39, 0.29) is 32.5 Å². The molecule has 0 saturated heterocycles. The van der Waals surface area contributed by atoms with Crippen LogP contribution in [-0.4, -0.2) is 149 Å². The Balaban J connectivity index is 1.74. The van der Waals surface area contributed by atoms with Crippen LogP contribution in [0.25, 0.3) is 0 Å². The molecule has 0 radical (unpaired) electrons. The third kappa shape index (κ3) is 22.9. The van der Waals surface area contributed by atoms with E-state index in [2.05, 4.69) is 4.74 Å². The van der Waals surface area contributed by atoms with Crippen LogP contribution in [0.5, 0.6) is 5.75 Å². The van der Waals surface area contributed by atoms with Gasteiger partial charge >= 0.3 is 11.9 Å². The quantitative estimate of drug-likeness (QED) is 0.0373. The fraction of sp³-hybridized carbons (Fsp3) is 0.733. The molecule has 1 aromatic carbocycles. The normalized spacial score (nSPS) is 12.0. The molecule has 0 bridgehead atoms. The first-order valence-corrected chi connectivity index (χ1v) is 15.3. The highest BCUT2D eigenvalue weighted by Crippen LogP contribution is 2.26. The molecule has 0 aliphatic rings. The Morgan fingerprint density at radius 1 is 0.542 bits per heavy atom. The third-order valence-corrected chi connectivity index (χ3v) is 5.66. The summed E-state index contributed by atoms with van der Waals surface area (Å²) in [6, 6.07) is 0.0133. The van der Waals surface area contributed by atoms with E-state index < -0.39 is 53.5 Å². The van der Waals surface area contributed by atoms with E-state index in [9.17, 15) is 27.2 Å². The van der Waals surface area contributed by atoms with Crippen molar-refractivity contribution in [2.45, 2.75) is 19.4 Å². The summed E-state index contributed by atoms with van der Waals surface area (Å²) in [6.45, 7) is 7.62. The van der Waals surface area contributed by atoms with Crippen molar-refractivity contribution >= 4 is 11.9 Å². The molecular weight excluding hydrogens is 660 g/mol. The highest BCUT2D eigenvalue weighted by Gasteiger charge is 2.23. The van der Waals surface area contributed by atoms with E-state index in [1.54, 1.807) is 0 Å². The number of benzene rings is 1. The molecule has 278 valence electrons. The third-order valence-electron chi connectivity index (χ3n) is 5.66. The summed E-state index contributed by atoms with van der Waals surface area (Å²) < 4.78 is 111. The number of halogens is 4. The molecule has 1 unspecified atom stereocenters. The van der Waals surface area contributed by atoms with Crippen LogP contribution >= 0.6 is 0 Å². The van der Waals surface area contributed by atoms with Gasteiger partial charge in [0, 0.05) is 6.07 Å². The average Bonchev–Trinajstić information content (AvgIpc) is 3.06. The van der Waals surface area contributed by atoms with Gasteiger partial charge in [0.05, 0.1) is 132 Å². The zero-order valence-corrected chi connectivity index (χ0v) is 27.1. The van der Waals surface area contributed by atoms with Gasteiger partial charge in [-0.15, -0.1) is 0 Å². The van der Waals surface area contributed by atoms with Crippen molar-refractivity contribution in [1.29, 1.82) is 0 Å². The smallest absolute Gasteiger partial charge is 0.332 e. The van der Waals surface area contributed by atoms with Crippen LogP contribution in [0.3, 0.4) is 0 Å². The molecule has 14 nitrogen and oxygen atoms in total. The lowest BCUT2D eigenvalue weighted by Crippen LogP contribution is -2.22. The number of hydrogen-bond donors (Lipinski definition) is 1. The Labute approximate surface area is 276 Å². The summed E-state index contributed by atoms with van der Waals surface area (Å²) >= 11 is 0. The van der Waals surface area contributed by atoms with Gasteiger partial charge in [-0.1, -0.05) is 0 Å². The van der Waals surface area contributed by atoms with Crippen LogP contribution < -0.4 is 4.74 Å². The summed E-state index contributed by atoms with van der Waals surface area (Å²) in [4.78, 5) is 22.2. The summed E-state index contributed by atoms with van der Waals surface area (Å²) in [6.07, 6.45) is -1.25. The predicted molar refractivity (Wildman–Crippen MR) is 157 cm³/mol. The number of aliphatic carboxylic acids is 1. The molecule has 1 aromatic rings. The van der Waals surface area contributed by atoms with Crippen LogP contribution in [-0.2, 0) is 57.0 Å². The molecule has 0 saturated carbocycles. The minimum Gasteiger partial charge on any atom is -0.479 e. The fourth-order valence-corrected chi connectivity index (χ4v) is 3.18. The SMILES string of the molecule is CC(OCCOCCOCCOCCOCCOCCOCCOCCOCCOCCC(=O)Oc1c(F)c(F)cc(F)c1F)C(=O)O. The van der Waals surface area contributed by atoms with Crippen molar-refractivity contribution in [1.82, 2.24) is 0 Å². The second kappa shape index (κ2) is 29.4. The lowest BCUT2D eigenvalue weighted by atomic mass is 10.3. The Morgan fingerprint density at radius 2 is 0.833 bits per heavy atom. The molecule has 0 amide bonds. The topological polar surface area (TPSA) is 156 Å². The zero-order valence-electron chi connectivity index (χ0n) is 27.1. The Bertz CT molecular complexity index is 965. The number of carboxylic acid groups (broad SMARTS) is 1. The van der Waals surface area contributed by atoms with Gasteiger partial charge < -0.3 is 57.2 Å². The van der Waals surface area contributed by atoms with Gasteiger partial charge in [0.2, 0.25) is 17.4 Å². The summed E-state index contributed by atoms with van der Waals surface area (Å²) in [5, 5.41) is 8.68. The number of rotatable bonds is 33. The number of carbonyl (C=O) groups is 2. The molecule has 0 heterocycles. The second-order valence-corrected chi connectivity index (χ2v) is 9.38. The van der Waals surface area contributed by atoms with Gasteiger partial charge in [-0.25, -0.2) is 13.6 Å². The van der Waals surface area contributed by atoms with E-state index in [0.29, 0.717) is 99.1 Å². The van der Waals surface area contributed by atoms with E-state index in [1.807, 2.05) is 0 Å². The minimum atomic E-state index is -1.80. The lowest BCUT2D eigenvalue weighted by molar-refractivity contribution is -0.150. The highest BCUT2D eigenvalue weighted by atomic mass is 19.2. The van der Waals surface area contributed by atoms with Crippen LogP contribution in [0.4, 0.5) is 17.6 Å². The monoisotopic (exact) mass is 706 g/mol. The molecule has 1 rings (SSSR count). The van der Waals surface area contributed by atoms with Crippen LogP contribution in [0.1, 0.15) is 13.3 Å². The first-order valence-electron chi connectivity index (χ1n) is 15.3. The number of esters is 1. The summed E-state index contributed by atoms with van der Waals surface area (Å²) in [5.74, 6) is -10.5.